The van der Waals surface area contributed by atoms with Crippen molar-refractivity contribution in [1.82, 2.24) is 0 Å². The van der Waals surface area contributed by atoms with Gasteiger partial charge in [0.25, 0.3) is 0 Å². The largest absolute Gasteiger partial charge is 0.456 e. The maximum Gasteiger partial charge on any atom is 0.152 e. The molecular formula is C20H18O2. The van der Waals surface area contributed by atoms with Gasteiger partial charge in [-0.2, -0.15) is 0 Å². The highest BCUT2D eigenvalue weighted by Gasteiger charge is 2.15. The number of hydrogen-bond donors (Lipinski definition) is 0. The predicted molar refractivity (Wildman–Crippen MR) is 90.8 cm³/mol. The van der Waals surface area contributed by atoms with Gasteiger partial charge >= 0.3 is 0 Å². The number of fused-ring (bicyclic) bond motifs is 1. The van der Waals surface area contributed by atoms with Crippen LogP contribution in [0.2, 0.25) is 0 Å². The van der Waals surface area contributed by atoms with Gasteiger partial charge in [0.1, 0.15) is 11.3 Å². The van der Waals surface area contributed by atoms with Crippen molar-refractivity contribution in [3.8, 4) is 11.1 Å². The smallest absolute Gasteiger partial charge is 0.152 e. The van der Waals surface area contributed by atoms with Crippen LogP contribution < -0.4 is 0 Å². The number of allylic oxidation sites excluding steroid dienone is 1. The van der Waals surface area contributed by atoms with E-state index in [2.05, 4.69) is 38.1 Å². The maximum absolute atomic E-state index is 11.3. The van der Waals surface area contributed by atoms with Gasteiger partial charge in [-0.05, 0) is 61.7 Å². The first-order valence-electron chi connectivity index (χ1n) is 7.34. The normalized spacial score (nSPS) is 11.4. The van der Waals surface area contributed by atoms with Gasteiger partial charge in [0.15, 0.2) is 5.78 Å². The van der Waals surface area contributed by atoms with E-state index in [0.717, 1.165) is 27.9 Å². The highest BCUT2D eigenvalue weighted by atomic mass is 16.3. The number of benzene rings is 2. The van der Waals surface area contributed by atoms with E-state index in [9.17, 15) is 4.79 Å². The zero-order valence-corrected chi connectivity index (χ0v) is 13.0. The first-order valence-corrected chi connectivity index (χ1v) is 7.34. The number of rotatable bonds is 3. The fraction of sp³-hybridized carbons (Fsp3) is 0.150. The van der Waals surface area contributed by atoms with Crippen LogP contribution >= 0.6 is 0 Å². The van der Waals surface area contributed by atoms with Gasteiger partial charge in [-0.3, -0.25) is 4.79 Å². The van der Waals surface area contributed by atoms with E-state index >= 15 is 0 Å². The Labute approximate surface area is 130 Å². The third kappa shape index (κ3) is 2.60. The van der Waals surface area contributed by atoms with Gasteiger partial charge in [0, 0.05) is 10.9 Å². The lowest BCUT2D eigenvalue weighted by atomic mass is 9.99. The fourth-order valence-corrected chi connectivity index (χ4v) is 2.58. The van der Waals surface area contributed by atoms with E-state index in [4.69, 9.17) is 4.42 Å². The Morgan fingerprint density at radius 3 is 2.41 bits per heavy atom. The Bertz CT molecular complexity index is 868. The third-order valence-electron chi connectivity index (χ3n) is 3.86. The molecule has 0 aliphatic heterocycles. The molecule has 0 bridgehead atoms. The van der Waals surface area contributed by atoms with Crippen LogP contribution in [0.25, 0.3) is 28.2 Å². The van der Waals surface area contributed by atoms with E-state index < -0.39 is 0 Å². The quantitative estimate of drug-likeness (QED) is 0.611. The lowest BCUT2D eigenvalue weighted by Gasteiger charge is -2.02. The molecule has 110 valence electrons. The molecule has 1 aromatic heterocycles. The average Bonchev–Trinajstić information content (AvgIpc) is 2.84. The van der Waals surface area contributed by atoms with Crippen LogP contribution in [-0.2, 0) is 4.79 Å². The Morgan fingerprint density at radius 2 is 1.73 bits per heavy atom. The first kappa shape index (κ1) is 14.3. The number of carbonyl (C=O) groups is 1. The van der Waals surface area contributed by atoms with Crippen molar-refractivity contribution in [2.75, 3.05) is 0 Å². The standard InChI is InChI=1S/C20H18O2/c1-13-11-17-19(12-14(13)2)22-18(10-9-15(3)21)20(17)16-7-5-4-6-8-16/h4-12H,1-3H3/b10-9+. The summed E-state index contributed by atoms with van der Waals surface area (Å²) < 4.78 is 6.00. The number of ketones is 1. The molecule has 0 aliphatic carbocycles. The summed E-state index contributed by atoms with van der Waals surface area (Å²) in [5, 5.41) is 1.08. The molecule has 3 aromatic rings. The average molecular weight is 290 g/mol. The molecular weight excluding hydrogens is 272 g/mol. The van der Waals surface area contributed by atoms with Crippen LogP contribution in [0.5, 0.6) is 0 Å². The number of carbonyl (C=O) groups excluding carboxylic acids is 1. The van der Waals surface area contributed by atoms with Crippen molar-refractivity contribution >= 4 is 22.8 Å². The summed E-state index contributed by atoms with van der Waals surface area (Å²) >= 11 is 0. The molecule has 0 fully saturated rings. The summed E-state index contributed by atoms with van der Waals surface area (Å²) in [4.78, 5) is 11.3. The third-order valence-corrected chi connectivity index (χ3v) is 3.86. The van der Waals surface area contributed by atoms with Crippen LogP contribution in [0.3, 0.4) is 0 Å². The van der Waals surface area contributed by atoms with Gasteiger partial charge in [0.2, 0.25) is 0 Å². The lowest BCUT2D eigenvalue weighted by Crippen LogP contribution is -1.83. The first-order chi connectivity index (χ1) is 10.6. The molecule has 0 radical (unpaired) electrons. The van der Waals surface area contributed by atoms with Crippen molar-refractivity contribution in [3.63, 3.8) is 0 Å². The molecule has 0 aliphatic rings. The summed E-state index contributed by atoms with van der Waals surface area (Å²) in [6.45, 7) is 5.71. The highest BCUT2D eigenvalue weighted by molar-refractivity contribution is 6.00. The molecule has 0 atom stereocenters. The summed E-state index contributed by atoms with van der Waals surface area (Å²) in [6, 6.07) is 14.3. The van der Waals surface area contributed by atoms with Crippen LogP contribution in [0, 0.1) is 13.8 Å². The number of aryl methyl sites for hydroxylation is 2. The van der Waals surface area contributed by atoms with E-state index in [-0.39, 0.29) is 5.78 Å². The van der Waals surface area contributed by atoms with E-state index in [1.54, 1.807) is 12.2 Å². The fourth-order valence-electron chi connectivity index (χ4n) is 2.58. The van der Waals surface area contributed by atoms with Gasteiger partial charge in [-0.1, -0.05) is 30.3 Å². The summed E-state index contributed by atoms with van der Waals surface area (Å²) in [6.07, 6.45) is 3.30. The molecule has 2 aromatic carbocycles. The van der Waals surface area contributed by atoms with Gasteiger partial charge in [-0.25, -0.2) is 0 Å². The van der Waals surface area contributed by atoms with Crippen molar-refractivity contribution in [2.24, 2.45) is 0 Å². The Hall–Kier alpha value is -2.61. The van der Waals surface area contributed by atoms with Gasteiger partial charge < -0.3 is 4.42 Å². The monoisotopic (exact) mass is 290 g/mol. The number of hydrogen-bond acceptors (Lipinski definition) is 2. The SMILES string of the molecule is CC(=O)/C=C/c1oc2cc(C)c(C)cc2c1-c1ccccc1. The van der Waals surface area contributed by atoms with Gasteiger partial charge in [0.05, 0.1) is 0 Å². The Kier molecular flexibility index (Phi) is 3.68. The zero-order valence-electron chi connectivity index (χ0n) is 13.0. The zero-order chi connectivity index (χ0) is 15.7. The minimum atomic E-state index is 0.00632. The second kappa shape index (κ2) is 5.64. The molecule has 1 heterocycles. The Balaban J connectivity index is 2.31. The molecule has 0 saturated heterocycles. The molecule has 22 heavy (non-hydrogen) atoms. The van der Waals surface area contributed by atoms with Crippen LogP contribution in [0.4, 0.5) is 0 Å². The van der Waals surface area contributed by atoms with Crippen molar-refractivity contribution in [1.29, 1.82) is 0 Å². The number of furan rings is 1. The van der Waals surface area contributed by atoms with Crippen LogP contribution in [0.15, 0.2) is 53.0 Å². The lowest BCUT2D eigenvalue weighted by molar-refractivity contribution is -0.112. The van der Waals surface area contributed by atoms with Crippen molar-refractivity contribution in [3.05, 3.63) is 65.4 Å². The second-order valence-corrected chi connectivity index (χ2v) is 5.58. The van der Waals surface area contributed by atoms with E-state index in [1.807, 2.05) is 18.2 Å². The maximum atomic E-state index is 11.3. The molecule has 0 spiro atoms. The van der Waals surface area contributed by atoms with Crippen LogP contribution in [0.1, 0.15) is 23.8 Å². The topological polar surface area (TPSA) is 30.2 Å². The highest BCUT2D eigenvalue weighted by Crippen LogP contribution is 2.36. The second-order valence-electron chi connectivity index (χ2n) is 5.58. The minimum Gasteiger partial charge on any atom is -0.456 e. The van der Waals surface area contributed by atoms with E-state index in [1.165, 1.54) is 18.1 Å². The molecule has 0 unspecified atom stereocenters. The van der Waals surface area contributed by atoms with E-state index in [0.29, 0.717) is 0 Å². The molecule has 0 amide bonds. The molecule has 0 N–H and O–H groups in total. The minimum absolute atomic E-state index is 0.00632. The summed E-state index contributed by atoms with van der Waals surface area (Å²) in [7, 11) is 0. The Morgan fingerprint density at radius 1 is 1.05 bits per heavy atom. The van der Waals surface area contributed by atoms with Crippen molar-refractivity contribution in [2.45, 2.75) is 20.8 Å². The summed E-state index contributed by atoms with van der Waals surface area (Å²) in [5.74, 6) is 0.730. The molecule has 3 rings (SSSR count). The summed E-state index contributed by atoms with van der Waals surface area (Å²) in [5.41, 5.74) is 5.41. The molecule has 0 saturated carbocycles. The van der Waals surface area contributed by atoms with Crippen LogP contribution in [-0.4, -0.2) is 5.78 Å². The molecule has 2 nitrogen and oxygen atoms in total. The predicted octanol–water partition coefficient (Wildman–Crippen LogP) is 5.32. The van der Waals surface area contributed by atoms with Crippen molar-refractivity contribution < 1.29 is 9.21 Å². The molecule has 2 heteroatoms. The van der Waals surface area contributed by atoms with Gasteiger partial charge in [-0.15, -0.1) is 0 Å².